The van der Waals surface area contributed by atoms with Crippen LogP contribution in [0.15, 0.2) is 78.9 Å². The number of nitrogens with zero attached hydrogens (tertiary/aromatic N) is 2. The van der Waals surface area contributed by atoms with Gasteiger partial charge in [-0.2, -0.15) is 0 Å². The number of carbonyl (C=O) groups excluding carboxylic acids is 2. The van der Waals surface area contributed by atoms with Gasteiger partial charge in [-0.3, -0.25) is 9.59 Å². The SMILES string of the molecule is Cn1c(COc2ccc(Cl)cc2)c(C(=O)C(=O)N2CCC(Cc3ccccc3)CC2)c2ccccc21. The molecule has 1 amide bonds. The van der Waals surface area contributed by atoms with Crippen molar-refractivity contribution in [1.29, 1.82) is 0 Å². The number of rotatable bonds is 7. The van der Waals surface area contributed by atoms with Gasteiger partial charge in [-0.15, -0.1) is 0 Å². The minimum absolute atomic E-state index is 0.167. The normalized spacial score (nSPS) is 14.2. The Labute approximate surface area is 216 Å². The van der Waals surface area contributed by atoms with Crippen LogP contribution in [0.4, 0.5) is 0 Å². The molecule has 3 aromatic carbocycles. The number of fused-ring (bicyclic) bond motifs is 1. The second-order valence-electron chi connectivity index (χ2n) is 9.39. The molecule has 2 heterocycles. The lowest BCUT2D eigenvalue weighted by molar-refractivity contribution is -0.127. The Balaban J connectivity index is 1.33. The maximum atomic E-state index is 13.6. The molecular formula is C30H29ClN2O3. The van der Waals surface area contributed by atoms with E-state index in [-0.39, 0.29) is 6.61 Å². The van der Waals surface area contributed by atoms with Crippen LogP contribution in [0.5, 0.6) is 5.75 Å². The summed E-state index contributed by atoms with van der Waals surface area (Å²) in [4.78, 5) is 28.8. The lowest BCUT2D eigenvalue weighted by atomic mass is 9.90. The van der Waals surface area contributed by atoms with Gasteiger partial charge in [0.2, 0.25) is 0 Å². The Hall–Kier alpha value is -3.57. The average molecular weight is 501 g/mol. The number of ether oxygens (including phenoxy) is 1. The zero-order chi connectivity index (χ0) is 25.1. The standard InChI is InChI=1S/C30H29ClN2O3/c1-32-26-10-6-5-9-25(26)28(27(32)20-36-24-13-11-23(31)12-14-24)29(34)30(35)33-17-15-22(16-18-33)19-21-7-3-2-4-8-21/h2-14,22H,15-20H2,1H3. The molecular weight excluding hydrogens is 472 g/mol. The third-order valence-electron chi connectivity index (χ3n) is 7.11. The van der Waals surface area contributed by atoms with Crippen LogP contribution in [0.1, 0.15) is 34.5 Å². The number of amides is 1. The summed E-state index contributed by atoms with van der Waals surface area (Å²) < 4.78 is 7.93. The van der Waals surface area contributed by atoms with Crippen molar-refractivity contribution in [3.63, 3.8) is 0 Å². The van der Waals surface area contributed by atoms with Crippen molar-refractivity contribution < 1.29 is 14.3 Å². The van der Waals surface area contributed by atoms with Crippen LogP contribution in [0.2, 0.25) is 5.02 Å². The fourth-order valence-electron chi connectivity index (χ4n) is 5.09. The molecule has 1 aliphatic heterocycles. The van der Waals surface area contributed by atoms with Crippen molar-refractivity contribution in [2.75, 3.05) is 13.1 Å². The van der Waals surface area contributed by atoms with Crippen molar-refractivity contribution >= 4 is 34.2 Å². The summed E-state index contributed by atoms with van der Waals surface area (Å²) >= 11 is 5.99. The Morgan fingerprint density at radius 3 is 2.31 bits per heavy atom. The zero-order valence-electron chi connectivity index (χ0n) is 20.3. The van der Waals surface area contributed by atoms with Gasteiger partial charge in [0, 0.05) is 36.1 Å². The number of aromatic nitrogens is 1. The van der Waals surface area contributed by atoms with Crippen molar-refractivity contribution in [2.24, 2.45) is 13.0 Å². The number of hydrogen-bond acceptors (Lipinski definition) is 3. The van der Waals surface area contributed by atoms with Crippen molar-refractivity contribution in [3.05, 3.63) is 101 Å². The first-order valence-electron chi connectivity index (χ1n) is 12.3. The Morgan fingerprint density at radius 2 is 1.58 bits per heavy atom. The molecule has 0 aliphatic carbocycles. The minimum Gasteiger partial charge on any atom is -0.487 e. The van der Waals surface area contributed by atoms with Gasteiger partial charge in [-0.05, 0) is 61.1 Å². The average Bonchev–Trinajstić information content (AvgIpc) is 3.20. The van der Waals surface area contributed by atoms with Gasteiger partial charge in [0.1, 0.15) is 12.4 Å². The first kappa shape index (κ1) is 24.1. The highest BCUT2D eigenvalue weighted by molar-refractivity contribution is 6.45. The fraction of sp³-hybridized carbons (Fsp3) is 0.267. The summed E-state index contributed by atoms with van der Waals surface area (Å²) in [6, 6.07) is 25.2. The van der Waals surface area contributed by atoms with E-state index in [0.29, 0.717) is 41.0 Å². The molecule has 0 saturated carbocycles. The summed E-state index contributed by atoms with van der Waals surface area (Å²) in [6.07, 6.45) is 2.80. The maximum absolute atomic E-state index is 13.6. The summed E-state index contributed by atoms with van der Waals surface area (Å²) in [5.41, 5.74) is 3.33. The number of ketones is 1. The first-order chi connectivity index (χ1) is 17.5. The van der Waals surface area contributed by atoms with Crippen LogP contribution in [-0.4, -0.2) is 34.2 Å². The fourth-order valence-corrected chi connectivity index (χ4v) is 5.22. The number of piperidine rings is 1. The molecule has 4 aromatic rings. The van der Waals surface area contributed by atoms with Crippen LogP contribution in [0.3, 0.4) is 0 Å². The molecule has 0 atom stereocenters. The van der Waals surface area contributed by atoms with Gasteiger partial charge in [0.25, 0.3) is 11.7 Å². The summed E-state index contributed by atoms with van der Waals surface area (Å²) in [6.45, 7) is 1.37. The Bertz CT molecular complexity index is 1370. The van der Waals surface area contributed by atoms with Gasteiger partial charge < -0.3 is 14.2 Å². The van der Waals surface area contributed by atoms with E-state index in [0.717, 1.165) is 30.2 Å². The maximum Gasteiger partial charge on any atom is 0.295 e. The second kappa shape index (κ2) is 10.6. The third kappa shape index (κ3) is 5.02. The highest BCUT2D eigenvalue weighted by Crippen LogP contribution is 2.29. The van der Waals surface area contributed by atoms with E-state index < -0.39 is 11.7 Å². The molecule has 5 rings (SSSR count). The number of para-hydroxylation sites is 1. The smallest absolute Gasteiger partial charge is 0.295 e. The lowest BCUT2D eigenvalue weighted by Crippen LogP contribution is -2.42. The van der Waals surface area contributed by atoms with E-state index in [2.05, 4.69) is 24.3 Å². The van der Waals surface area contributed by atoms with Gasteiger partial charge in [-0.25, -0.2) is 0 Å². The third-order valence-corrected chi connectivity index (χ3v) is 7.36. The Kier molecular flexibility index (Phi) is 7.10. The topological polar surface area (TPSA) is 51.5 Å². The molecule has 0 bridgehead atoms. The molecule has 1 aliphatic rings. The number of halogens is 1. The summed E-state index contributed by atoms with van der Waals surface area (Å²) in [5.74, 6) is 0.266. The number of Topliss-reactive ketones (excluding diaryl/α,β-unsaturated/α-hetero) is 1. The number of benzene rings is 3. The quantitative estimate of drug-likeness (QED) is 0.228. The van der Waals surface area contributed by atoms with Gasteiger partial charge >= 0.3 is 0 Å². The molecule has 1 aromatic heterocycles. The molecule has 0 radical (unpaired) electrons. The first-order valence-corrected chi connectivity index (χ1v) is 12.7. The minimum atomic E-state index is -0.469. The van der Waals surface area contributed by atoms with E-state index in [4.69, 9.17) is 16.3 Å². The van der Waals surface area contributed by atoms with Crippen molar-refractivity contribution in [3.8, 4) is 5.75 Å². The van der Waals surface area contributed by atoms with E-state index in [1.165, 1.54) is 5.56 Å². The molecule has 1 saturated heterocycles. The van der Waals surface area contributed by atoms with E-state index in [9.17, 15) is 9.59 Å². The number of likely N-dealkylation sites (tertiary alicyclic amines) is 1. The van der Waals surface area contributed by atoms with Crippen LogP contribution in [0, 0.1) is 5.92 Å². The molecule has 184 valence electrons. The molecule has 0 unspecified atom stereocenters. The summed E-state index contributed by atoms with van der Waals surface area (Å²) in [5, 5.41) is 1.40. The predicted molar refractivity (Wildman–Crippen MR) is 142 cm³/mol. The molecule has 0 spiro atoms. The van der Waals surface area contributed by atoms with E-state index in [1.54, 1.807) is 29.2 Å². The molecule has 6 heteroatoms. The molecule has 0 N–H and O–H groups in total. The lowest BCUT2D eigenvalue weighted by Gasteiger charge is -2.31. The predicted octanol–water partition coefficient (Wildman–Crippen LogP) is 6.07. The summed E-state index contributed by atoms with van der Waals surface area (Å²) in [7, 11) is 1.90. The number of carbonyl (C=O) groups is 2. The van der Waals surface area contributed by atoms with Crippen LogP contribution in [0.25, 0.3) is 10.9 Å². The van der Waals surface area contributed by atoms with E-state index in [1.807, 2.05) is 41.9 Å². The van der Waals surface area contributed by atoms with Crippen LogP contribution >= 0.6 is 11.6 Å². The highest BCUT2D eigenvalue weighted by Gasteiger charge is 2.32. The Morgan fingerprint density at radius 1 is 0.917 bits per heavy atom. The second-order valence-corrected chi connectivity index (χ2v) is 9.83. The monoisotopic (exact) mass is 500 g/mol. The van der Waals surface area contributed by atoms with Gasteiger partial charge in [0.15, 0.2) is 0 Å². The largest absolute Gasteiger partial charge is 0.487 e. The van der Waals surface area contributed by atoms with Crippen molar-refractivity contribution in [1.82, 2.24) is 9.47 Å². The van der Waals surface area contributed by atoms with Crippen LogP contribution < -0.4 is 4.74 Å². The van der Waals surface area contributed by atoms with Gasteiger partial charge in [-0.1, -0.05) is 60.1 Å². The van der Waals surface area contributed by atoms with E-state index >= 15 is 0 Å². The highest BCUT2D eigenvalue weighted by atomic mass is 35.5. The van der Waals surface area contributed by atoms with Crippen molar-refractivity contribution in [2.45, 2.75) is 25.9 Å². The molecule has 5 nitrogen and oxygen atoms in total. The number of hydrogen-bond donors (Lipinski definition) is 0. The van der Waals surface area contributed by atoms with Gasteiger partial charge in [0.05, 0.1) is 11.3 Å². The number of aryl methyl sites for hydroxylation is 1. The molecule has 1 fully saturated rings. The molecule has 36 heavy (non-hydrogen) atoms. The zero-order valence-corrected chi connectivity index (χ0v) is 21.1. The van der Waals surface area contributed by atoms with Crippen LogP contribution in [-0.2, 0) is 24.9 Å².